The number of hydrogen-bond acceptors (Lipinski definition) is 6. The zero-order valence-electron chi connectivity index (χ0n) is 26.0. The van der Waals surface area contributed by atoms with Crippen LogP contribution in [0.3, 0.4) is 0 Å². The Morgan fingerprint density at radius 2 is 1.45 bits per heavy atom. The van der Waals surface area contributed by atoms with Crippen LogP contribution in [-0.4, -0.2) is 77.1 Å². The molecule has 2 saturated heterocycles. The third-order valence-electron chi connectivity index (χ3n) is 8.46. The Balaban J connectivity index is 0.000000606. The first-order valence-corrected chi connectivity index (χ1v) is 15.8. The first-order chi connectivity index (χ1) is 23.3. The standard InChI is InChI=1S/C32H31ClF2N4O3.C2HF3O2/c33-28-29-23(18-26(35)30(28)38-15-13-37(14-16-38)27-10-3-2-9-25(27)34)31(40)24(32(41)42)20-39(29)22-8-6-7-21(17-22)19-36-11-4-1-5-12-36;3-2(4,5)1(6)7/h2-3,6-10,17-18,20H,1,4-5,11-16,19H2,(H,41,42);(H,6,7). The second-order valence-electron chi connectivity index (χ2n) is 11.7. The van der Waals surface area contributed by atoms with Crippen LogP contribution in [0.15, 0.2) is 65.6 Å². The normalized spacial score (nSPS) is 15.6. The summed E-state index contributed by atoms with van der Waals surface area (Å²) in [5, 5.41) is 16.9. The number of carboxylic acid groups (broad SMARTS) is 2. The van der Waals surface area contributed by atoms with Crippen molar-refractivity contribution in [1.82, 2.24) is 9.47 Å². The van der Waals surface area contributed by atoms with Crippen LogP contribution in [0, 0.1) is 11.6 Å². The number of anilines is 2. The molecule has 9 nitrogen and oxygen atoms in total. The van der Waals surface area contributed by atoms with Gasteiger partial charge in [0.1, 0.15) is 17.2 Å². The molecule has 3 aromatic carbocycles. The molecule has 2 aliphatic heterocycles. The summed E-state index contributed by atoms with van der Waals surface area (Å²) in [7, 11) is 0. The monoisotopic (exact) mass is 706 g/mol. The van der Waals surface area contributed by atoms with Crippen molar-refractivity contribution < 1.29 is 41.8 Å². The number of carboxylic acids is 2. The highest BCUT2D eigenvalue weighted by molar-refractivity contribution is 6.38. The van der Waals surface area contributed by atoms with Crippen LogP contribution in [0.2, 0.25) is 5.02 Å². The minimum absolute atomic E-state index is 0.0276. The van der Waals surface area contributed by atoms with Crippen LogP contribution >= 0.6 is 11.6 Å². The van der Waals surface area contributed by atoms with Gasteiger partial charge in [0.25, 0.3) is 0 Å². The highest BCUT2D eigenvalue weighted by atomic mass is 35.5. The molecule has 6 rings (SSSR count). The highest BCUT2D eigenvalue weighted by Crippen LogP contribution is 2.37. The van der Waals surface area contributed by atoms with Crippen LogP contribution < -0.4 is 15.2 Å². The number of hydrogen-bond donors (Lipinski definition) is 2. The first kappa shape index (κ1) is 35.6. The lowest BCUT2D eigenvalue weighted by Crippen LogP contribution is -2.47. The maximum absolute atomic E-state index is 15.7. The summed E-state index contributed by atoms with van der Waals surface area (Å²) in [4.78, 5) is 40.3. The smallest absolute Gasteiger partial charge is 0.477 e. The third-order valence-corrected chi connectivity index (χ3v) is 8.82. The van der Waals surface area contributed by atoms with Gasteiger partial charge in [-0.3, -0.25) is 9.69 Å². The van der Waals surface area contributed by atoms with Gasteiger partial charge in [-0.15, -0.1) is 0 Å². The fourth-order valence-corrected chi connectivity index (χ4v) is 6.51. The van der Waals surface area contributed by atoms with E-state index in [4.69, 9.17) is 21.5 Å². The molecule has 0 amide bonds. The molecule has 2 aliphatic rings. The number of pyridine rings is 1. The van der Waals surface area contributed by atoms with Gasteiger partial charge in [-0.1, -0.05) is 42.3 Å². The predicted octanol–water partition coefficient (Wildman–Crippen LogP) is 6.57. The van der Waals surface area contributed by atoms with Crippen molar-refractivity contribution in [2.75, 3.05) is 49.1 Å². The number of piperazine rings is 1. The van der Waals surface area contributed by atoms with E-state index < -0.39 is 34.9 Å². The van der Waals surface area contributed by atoms with Crippen LogP contribution in [0.25, 0.3) is 16.6 Å². The third kappa shape index (κ3) is 7.97. The second-order valence-corrected chi connectivity index (χ2v) is 12.1. The number of aromatic nitrogens is 1. The van der Waals surface area contributed by atoms with E-state index in [2.05, 4.69) is 4.90 Å². The number of piperidine rings is 1. The molecule has 15 heteroatoms. The van der Waals surface area contributed by atoms with E-state index in [9.17, 15) is 32.3 Å². The Morgan fingerprint density at radius 3 is 2.06 bits per heavy atom. The molecule has 0 unspecified atom stereocenters. The molecule has 4 aromatic rings. The molecule has 49 heavy (non-hydrogen) atoms. The zero-order valence-corrected chi connectivity index (χ0v) is 26.8. The maximum atomic E-state index is 15.7. The van der Waals surface area contributed by atoms with Gasteiger partial charge >= 0.3 is 18.1 Å². The van der Waals surface area contributed by atoms with Gasteiger partial charge in [0, 0.05) is 44.6 Å². The topological polar surface area (TPSA) is 106 Å². The van der Waals surface area contributed by atoms with Gasteiger partial charge < -0.3 is 24.6 Å². The summed E-state index contributed by atoms with van der Waals surface area (Å²) in [6, 6.07) is 15.3. The summed E-state index contributed by atoms with van der Waals surface area (Å²) in [6.45, 7) is 4.42. The number of halogens is 6. The van der Waals surface area contributed by atoms with Crippen LogP contribution in [0.1, 0.15) is 35.2 Å². The van der Waals surface area contributed by atoms with Crippen molar-refractivity contribution in [3.05, 3.63) is 98.8 Å². The van der Waals surface area contributed by atoms with Crippen LogP contribution in [0.4, 0.5) is 33.3 Å². The average Bonchev–Trinajstić information content (AvgIpc) is 3.06. The van der Waals surface area contributed by atoms with Crippen molar-refractivity contribution in [2.45, 2.75) is 32.0 Å². The molecule has 0 spiro atoms. The molecule has 0 bridgehead atoms. The van der Waals surface area contributed by atoms with Crippen molar-refractivity contribution in [3.63, 3.8) is 0 Å². The number of benzene rings is 3. The summed E-state index contributed by atoms with van der Waals surface area (Å²) in [5.41, 5.74) is 1.27. The van der Waals surface area contributed by atoms with Crippen molar-refractivity contribution in [2.24, 2.45) is 0 Å². The maximum Gasteiger partial charge on any atom is 0.490 e. The first-order valence-electron chi connectivity index (χ1n) is 15.4. The van der Waals surface area contributed by atoms with Gasteiger partial charge in [0.15, 0.2) is 0 Å². The van der Waals surface area contributed by atoms with E-state index in [1.807, 2.05) is 29.2 Å². The van der Waals surface area contributed by atoms with E-state index in [0.717, 1.165) is 44.1 Å². The lowest BCUT2D eigenvalue weighted by Gasteiger charge is -2.38. The number of rotatable bonds is 6. The van der Waals surface area contributed by atoms with E-state index in [1.165, 1.54) is 18.7 Å². The Bertz CT molecular complexity index is 1920. The number of carbonyl (C=O) groups is 2. The van der Waals surface area contributed by atoms with Gasteiger partial charge in [-0.25, -0.2) is 18.4 Å². The zero-order chi connectivity index (χ0) is 35.5. The van der Waals surface area contributed by atoms with Crippen molar-refractivity contribution in [1.29, 1.82) is 0 Å². The summed E-state index contributed by atoms with van der Waals surface area (Å²) < 4.78 is 63.4. The van der Waals surface area contributed by atoms with Gasteiger partial charge in [0.05, 0.1) is 27.3 Å². The summed E-state index contributed by atoms with van der Waals surface area (Å²) in [5.74, 6) is -5.18. The predicted molar refractivity (Wildman–Crippen MR) is 175 cm³/mol. The molecule has 2 fully saturated rings. The molecular weight excluding hydrogens is 675 g/mol. The number of likely N-dealkylation sites (tertiary alicyclic amines) is 1. The molecular formula is C34H32ClF5N4O5. The molecule has 1 aromatic heterocycles. The number of nitrogens with zero attached hydrogens (tertiary/aromatic N) is 4. The molecule has 0 saturated carbocycles. The molecule has 0 aliphatic carbocycles. The molecule has 260 valence electrons. The highest BCUT2D eigenvalue weighted by Gasteiger charge is 2.38. The molecule has 2 N–H and O–H groups in total. The lowest BCUT2D eigenvalue weighted by molar-refractivity contribution is -0.192. The van der Waals surface area contributed by atoms with E-state index >= 15 is 4.39 Å². The average molecular weight is 707 g/mol. The lowest BCUT2D eigenvalue weighted by atomic mass is 10.1. The molecule has 0 radical (unpaired) electrons. The Kier molecular flexibility index (Phi) is 10.8. The SMILES string of the molecule is O=C(O)C(F)(F)F.O=C(O)c1cn(-c2cccc(CN3CCCCC3)c2)c2c(Cl)c(N3CCN(c4ccccc4F)CC3)c(F)cc2c1=O. The number of alkyl halides is 3. The largest absolute Gasteiger partial charge is 0.490 e. The summed E-state index contributed by atoms with van der Waals surface area (Å²) in [6.07, 6.45) is -0.265. The van der Waals surface area contributed by atoms with Crippen molar-refractivity contribution in [3.8, 4) is 5.69 Å². The summed E-state index contributed by atoms with van der Waals surface area (Å²) >= 11 is 6.94. The van der Waals surface area contributed by atoms with E-state index in [0.29, 0.717) is 37.6 Å². The Labute approximate surface area is 282 Å². The van der Waals surface area contributed by atoms with Gasteiger partial charge in [0.2, 0.25) is 5.43 Å². The van der Waals surface area contributed by atoms with Crippen molar-refractivity contribution >= 4 is 45.8 Å². The van der Waals surface area contributed by atoms with Gasteiger partial charge in [-0.2, -0.15) is 13.2 Å². The quantitative estimate of drug-likeness (QED) is 0.217. The van der Waals surface area contributed by atoms with E-state index in [-0.39, 0.29) is 27.4 Å². The minimum atomic E-state index is -5.08. The Hall–Kier alpha value is -4.69. The minimum Gasteiger partial charge on any atom is -0.477 e. The fraction of sp³-hybridized carbons (Fsp3) is 0.324. The molecule has 3 heterocycles. The number of para-hydroxylation sites is 1. The van der Waals surface area contributed by atoms with Crippen LogP contribution in [0.5, 0.6) is 0 Å². The fourth-order valence-electron chi connectivity index (χ4n) is 6.11. The Morgan fingerprint density at radius 1 is 0.816 bits per heavy atom. The molecule has 0 atom stereocenters. The number of fused-ring (bicyclic) bond motifs is 1. The number of aliphatic carboxylic acids is 1. The van der Waals surface area contributed by atoms with Crippen LogP contribution in [-0.2, 0) is 11.3 Å². The number of aromatic carboxylic acids is 1. The van der Waals surface area contributed by atoms with Gasteiger partial charge in [-0.05, 0) is 61.8 Å². The van der Waals surface area contributed by atoms with E-state index in [1.54, 1.807) is 27.7 Å². The second kappa shape index (κ2) is 14.8.